The van der Waals surface area contributed by atoms with Crippen LogP contribution in [0.3, 0.4) is 0 Å². The van der Waals surface area contributed by atoms with Crippen molar-refractivity contribution in [3.63, 3.8) is 0 Å². The Morgan fingerprint density at radius 2 is 2.26 bits per heavy atom. The molecule has 118 valence electrons. The van der Waals surface area contributed by atoms with E-state index >= 15 is 0 Å². The van der Waals surface area contributed by atoms with Gasteiger partial charge in [-0.15, -0.1) is 0 Å². The summed E-state index contributed by atoms with van der Waals surface area (Å²) < 4.78 is 25.2. The highest BCUT2D eigenvalue weighted by molar-refractivity contribution is 7.03. The van der Waals surface area contributed by atoms with E-state index in [0.717, 1.165) is 0 Å². The summed E-state index contributed by atoms with van der Waals surface area (Å²) in [5.74, 6) is -1.00. The Bertz CT molecular complexity index is 832. The van der Waals surface area contributed by atoms with Crippen molar-refractivity contribution >= 4 is 17.5 Å². The summed E-state index contributed by atoms with van der Waals surface area (Å²) in [4.78, 5) is 16.1. The van der Waals surface area contributed by atoms with Gasteiger partial charge in [0.05, 0.1) is 22.5 Å². The predicted octanol–water partition coefficient (Wildman–Crippen LogP) is 3.09. The second-order valence-corrected chi connectivity index (χ2v) is 5.50. The van der Waals surface area contributed by atoms with Crippen LogP contribution in [0.5, 0.6) is 0 Å². The molecule has 0 N–H and O–H groups in total. The second kappa shape index (κ2) is 6.25. The minimum atomic E-state index is -0.790. The zero-order valence-electron chi connectivity index (χ0n) is 12.4. The lowest BCUT2D eigenvalue weighted by Gasteiger charge is -2.17. The van der Waals surface area contributed by atoms with E-state index in [0.29, 0.717) is 16.9 Å². The molecule has 3 rings (SSSR count). The first-order chi connectivity index (χ1) is 11.1. The maximum absolute atomic E-state index is 14.3. The van der Waals surface area contributed by atoms with Gasteiger partial charge in [0.1, 0.15) is 24.6 Å². The summed E-state index contributed by atoms with van der Waals surface area (Å²) in [7, 11) is 0. The van der Waals surface area contributed by atoms with E-state index in [4.69, 9.17) is 4.74 Å². The molecule has 0 saturated heterocycles. The van der Waals surface area contributed by atoms with E-state index in [1.165, 1.54) is 34.9 Å². The van der Waals surface area contributed by atoms with Crippen LogP contribution in [0.1, 0.15) is 34.6 Å². The van der Waals surface area contributed by atoms with Crippen molar-refractivity contribution in [2.75, 3.05) is 0 Å². The average Bonchev–Trinajstić information content (AvgIpc) is 3.17. The number of rotatable bonds is 4. The Morgan fingerprint density at radius 3 is 2.91 bits per heavy atom. The molecule has 2 heterocycles. The lowest BCUT2D eigenvalue weighted by molar-refractivity contribution is 0.0330. The number of esters is 1. The zero-order chi connectivity index (χ0) is 16.4. The lowest BCUT2D eigenvalue weighted by Crippen LogP contribution is -2.13. The molecule has 1 aromatic carbocycles. The third-order valence-corrected chi connectivity index (χ3v) is 4.08. The summed E-state index contributed by atoms with van der Waals surface area (Å²) in [6.07, 6.45) is 2.02. The maximum atomic E-state index is 14.3. The number of nitrogens with zero attached hydrogens (tertiary/aromatic N) is 4. The van der Waals surface area contributed by atoms with Crippen LogP contribution in [0.15, 0.2) is 36.2 Å². The highest BCUT2D eigenvalue weighted by Gasteiger charge is 2.22. The molecule has 0 aliphatic rings. The number of carbonyl (C=O) groups excluding carboxylic acids is 1. The summed E-state index contributed by atoms with van der Waals surface area (Å²) in [6, 6.07) is 4.57. The van der Waals surface area contributed by atoms with Crippen molar-refractivity contribution in [3.05, 3.63) is 58.9 Å². The zero-order valence-corrected chi connectivity index (χ0v) is 13.2. The number of halogens is 1. The Balaban J connectivity index is 1.92. The van der Waals surface area contributed by atoms with E-state index < -0.39 is 17.9 Å². The van der Waals surface area contributed by atoms with Crippen LogP contribution in [0.4, 0.5) is 4.39 Å². The van der Waals surface area contributed by atoms with Crippen LogP contribution in [0.25, 0.3) is 5.69 Å². The Kier molecular flexibility index (Phi) is 4.16. The van der Waals surface area contributed by atoms with Gasteiger partial charge in [0.2, 0.25) is 0 Å². The minimum Gasteiger partial charge on any atom is -0.454 e. The first kappa shape index (κ1) is 15.3. The number of benzene rings is 1. The molecule has 0 spiro atoms. The molecule has 0 fully saturated rings. The topological polar surface area (TPSA) is 69.9 Å². The van der Waals surface area contributed by atoms with Crippen LogP contribution in [-0.2, 0) is 4.74 Å². The van der Waals surface area contributed by atoms with Crippen molar-refractivity contribution in [1.82, 2.24) is 19.1 Å². The van der Waals surface area contributed by atoms with Gasteiger partial charge in [-0.2, -0.15) is 9.47 Å². The monoisotopic (exact) mass is 332 g/mol. The molecule has 1 unspecified atom stereocenters. The van der Waals surface area contributed by atoms with Crippen LogP contribution in [0.2, 0.25) is 0 Å². The van der Waals surface area contributed by atoms with Gasteiger partial charge in [-0.25, -0.2) is 18.9 Å². The molecular formula is C15H13FN4O2S. The van der Waals surface area contributed by atoms with E-state index in [9.17, 15) is 9.18 Å². The Hall–Kier alpha value is -2.61. The summed E-state index contributed by atoms with van der Waals surface area (Å²) in [6.45, 7) is 3.34. The van der Waals surface area contributed by atoms with Gasteiger partial charge in [0.25, 0.3) is 0 Å². The quantitative estimate of drug-likeness (QED) is 0.687. The molecule has 6 nitrogen and oxygen atoms in total. The fraction of sp³-hybridized carbons (Fsp3) is 0.200. The number of aryl methyl sites for hydroxylation is 1. The number of ether oxygens (including phenoxy) is 1. The van der Waals surface area contributed by atoms with Crippen molar-refractivity contribution in [1.29, 1.82) is 0 Å². The molecule has 3 aromatic rings. The van der Waals surface area contributed by atoms with E-state index in [1.54, 1.807) is 31.4 Å². The molecule has 0 aliphatic heterocycles. The SMILES string of the molecule is Cc1nscc1C(=O)OC(C)c1c(F)cccc1-n1cncn1. The molecule has 0 aliphatic carbocycles. The summed E-state index contributed by atoms with van der Waals surface area (Å²) >= 11 is 1.17. The van der Waals surface area contributed by atoms with Gasteiger partial charge in [0.15, 0.2) is 0 Å². The third-order valence-electron chi connectivity index (χ3n) is 3.36. The maximum Gasteiger partial charge on any atom is 0.341 e. The number of hydrogen-bond acceptors (Lipinski definition) is 6. The molecule has 8 heteroatoms. The average molecular weight is 332 g/mol. The Labute approximate surface area is 135 Å². The van der Waals surface area contributed by atoms with Crippen LogP contribution >= 0.6 is 11.5 Å². The largest absolute Gasteiger partial charge is 0.454 e. The van der Waals surface area contributed by atoms with Gasteiger partial charge >= 0.3 is 5.97 Å². The number of carbonyl (C=O) groups is 1. The molecule has 0 saturated carbocycles. The van der Waals surface area contributed by atoms with E-state index in [1.807, 2.05) is 0 Å². The fourth-order valence-corrected chi connectivity index (χ4v) is 2.91. The number of hydrogen-bond donors (Lipinski definition) is 0. The minimum absolute atomic E-state index is 0.243. The molecule has 23 heavy (non-hydrogen) atoms. The summed E-state index contributed by atoms with van der Waals surface area (Å²) in [5.41, 5.74) is 1.70. The highest BCUT2D eigenvalue weighted by atomic mass is 32.1. The van der Waals surface area contributed by atoms with Crippen molar-refractivity contribution < 1.29 is 13.9 Å². The molecule has 1 atom stereocenters. The van der Waals surface area contributed by atoms with Gasteiger partial charge < -0.3 is 4.74 Å². The van der Waals surface area contributed by atoms with Crippen LogP contribution < -0.4 is 0 Å². The van der Waals surface area contributed by atoms with Crippen molar-refractivity contribution in [2.24, 2.45) is 0 Å². The van der Waals surface area contributed by atoms with E-state index in [2.05, 4.69) is 14.5 Å². The molecular weight excluding hydrogens is 319 g/mol. The third kappa shape index (κ3) is 2.98. The second-order valence-electron chi connectivity index (χ2n) is 4.87. The normalized spacial score (nSPS) is 12.1. The molecule has 2 aromatic heterocycles. The first-order valence-electron chi connectivity index (χ1n) is 6.83. The predicted molar refractivity (Wildman–Crippen MR) is 82.0 cm³/mol. The smallest absolute Gasteiger partial charge is 0.341 e. The Morgan fingerprint density at radius 1 is 1.43 bits per heavy atom. The van der Waals surface area contributed by atoms with Crippen LogP contribution in [0, 0.1) is 12.7 Å². The highest BCUT2D eigenvalue weighted by Crippen LogP contribution is 2.28. The van der Waals surface area contributed by atoms with Gasteiger partial charge in [-0.05, 0) is 37.5 Å². The lowest BCUT2D eigenvalue weighted by atomic mass is 10.1. The van der Waals surface area contributed by atoms with E-state index in [-0.39, 0.29) is 5.56 Å². The van der Waals surface area contributed by atoms with Gasteiger partial charge in [-0.1, -0.05) is 6.07 Å². The summed E-state index contributed by atoms with van der Waals surface area (Å²) in [5, 5.41) is 5.62. The van der Waals surface area contributed by atoms with Crippen molar-refractivity contribution in [2.45, 2.75) is 20.0 Å². The van der Waals surface area contributed by atoms with Gasteiger partial charge in [-0.3, -0.25) is 0 Å². The first-order valence-corrected chi connectivity index (χ1v) is 7.67. The van der Waals surface area contributed by atoms with Gasteiger partial charge in [0, 0.05) is 5.38 Å². The number of aromatic nitrogens is 4. The standard InChI is InChI=1S/C15H13FN4O2S/c1-9-11(6-23-19-9)15(21)22-10(2)14-12(16)4-3-5-13(14)20-8-17-7-18-20/h3-8,10H,1-2H3. The molecule has 0 radical (unpaired) electrons. The van der Waals surface area contributed by atoms with Crippen molar-refractivity contribution in [3.8, 4) is 5.69 Å². The fourth-order valence-electron chi connectivity index (χ4n) is 2.23. The molecule has 0 amide bonds. The molecule has 0 bridgehead atoms. The van der Waals surface area contributed by atoms with Crippen LogP contribution in [-0.4, -0.2) is 25.1 Å².